The zero-order chi connectivity index (χ0) is 12.6. The molecule has 1 atom stereocenters. The van der Waals surface area contributed by atoms with E-state index in [0.717, 1.165) is 12.8 Å². The van der Waals surface area contributed by atoms with Crippen molar-refractivity contribution in [3.05, 3.63) is 12.7 Å². The summed E-state index contributed by atoms with van der Waals surface area (Å²) in [7, 11) is 1.59. The summed E-state index contributed by atoms with van der Waals surface area (Å²) in [6.07, 6.45) is 3.73. The second-order valence-corrected chi connectivity index (χ2v) is 3.65. The predicted molar refractivity (Wildman–Crippen MR) is 62.3 cm³/mol. The van der Waals surface area contributed by atoms with Crippen molar-refractivity contribution in [1.29, 1.82) is 0 Å². The smallest absolute Gasteiger partial charge is 0.326 e. The molecule has 0 fully saturated rings. The van der Waals surface area contributed by atoms with Crippen molar-refractivity contribution in [3.63, 3.8) is 0 Å². The summed E-state index contributed by atoms with van der Waals surface area (Å²) in [5.41, 5.74) is 0. The average Bonchev–Trinajstić information content (AvgIpc) is 2.23. The van der Waals surface area contributed by atoms with Gasteiger partial charge in [0.25, 0.3) is 0 Å². The molecule has 0 aromatic rings. The van der Waals surface area contributed by atoms with Crippen LogP contribution >= 0.6 is 0 Å². The van der Waals surface area contributed by atoms with Crippen LogP contribution in [0.1, 0.15) is 26.2 Å². The molecule has 0 heterocycles. The van der Waals surface area contributed by atoms with Crippen LogP contribution in [0.4, 0.5) is 4.79 Å². The molecule has 2 amide bonds. The number of hydrogen-bond donors (Lipinski definition) is 2. The maximum atomic E-state index is 11.5. The Morgan fingerprint density at radius 3 is 2.62 bits per heavy atom. The van der Waals surface area contributed by atoms with Crippen LogP contribution in [0.15, 0.2) is 12.7 Å². The van der Waals surface area contributed by atoms with E-state index >= 15 is 0 Å². The van der Waals surface area contributed by atoms with Gasteiger partial charge in [-0.3, -0.25) is 0 Å². The van der Waals surface area contributed by atoms with Crippen LogP contribution in [0.5, 0.6) is 0 Å². The van der Waals surface area contributed by atoms with Gasteiger partial charge in [-0.1, -0.05) is 25.8 Å². The summed E-state index contributed by atoms with van der Waals surface area (Å²) in [5, 5.41) is 11.4. The van der Waals surface area contributed by atoms with E-state index in [1.165, 1.54) is 4.90 Å². The lowest BCUT2D eigenvalue weighted by atomic mass is 10.1. The molecule has 0 aliphatic heterocycles. The number of carbonyl (C=O) groups is 2. The van der Waals surface area contributed by atoms with Crippen LogP contribution in [0.2, 0.25) is 0 Å². The molecule has 0 aromatic carbocycles. The molecule has 0 saturated heterocycles. The molecule has 0 spiro atoms. The normalized spacial score (nSPS) is 11.6. The maximum absolute atomic E-state index is 11.5. The minimum Gasteiger partial charge on any atom is -0.480 e. The van der Waals surface area contributed by atoms with E-state index in [9.17, 15) is 9.59 Å². The number of urea groups is 1. The molecule has 5 heteroatoms. The highest BCUT2D eigenvalue weighted by molar-refractivity contribution is 5.82. The van der Waals surface area contributed by atoms with Gasteiger partial charge in [0.1, 0.15) is 6.04 Å². The largest absolute Gasteiger partial charge is 0.480 e. The molecule has 1 unspecified atom stereocenters. The van der Waals surface area contributed by atoms with E-state index in [4.69, 9.17) is 5.11 Å². The van der Waals surface area contributed by atoms with Gasteiger partial charge >= 0.3 is 12.0 Å². The highest BCUT2D eigenvalue weighted by Crippen LogP contribution is 2.01. The van der Waals surface area contributed by atoms with E-state index in [-0.39, 0.29) is 6.03 Å². The predicted octanol–water partition coefficient (Wildman–Crippen LogP) is 1.46. The number of hydrogen-bond acceptors (Lipinski definition) is 2. The van der Waals surface area contributed by atoms with Crippen LogP contribution in [0, 0.1) is 0 Å². The van der Waals surface area contributed by atoms with Crippen molar-refractivity contribution in [2.45, 2.75) is 32.2 Å². The lowest BCUT2D eigenvalue weighted by Gasteiger charge is -2.20. The lowest BCUT2D eigenvalue weighted by Crippen LogP contribution is -2.46. The second-order valence-electron chi connectivity index (χ2n) is 3.65. The van der Waals surface area contributed by atoms with E-state index < -0.39 is 12.0 Å². The first-order chi connectivity index (χ1) is 7.52. The number of likely N-dealkylation sites (N-methyl/N-ethyl adjacent to an activating group) is 1. The van der Waals surface area contributed by atoms with Crippen LogP contribution < -0.4 is 5.32 Å². The molecular formula is C11H20N2O3. The number of nitrogens with zero attached hydrogens (tertiary/aromatic N) is 1. The van der Waals surface area contributed by atoms with Gasteiger partial charge in [-0.15, -0.1) is 6.58 Å². The van der Waals surface area contributed by atoms with Crippen LogP contribution in [0.25, 0.3) is 0 Å². The Kier molecular flexibility index (Phi) is 7.00. The third-order valence-corrected chi connectivity index (χ3v) is 2.19. The second kappa shape index (κ2) is 7.73. The Labute approximate surface area is 96.1 Å². The fourth-order valence-electron chi connectivity index (χ4n) is 1.20. The number of carboxylic acid groups (broad SMARTS) is 1. The first-order valence-corrected chi connectivity index (χ1v) is 5.38. The van der Waals surface area contributed by atoms with E-state index in [0.29, 0.717) is 13.0 Å². The molecule has 0 aliphatic rings. The topological polar surface area (TPSA) is 69.6 Å². The number of unbranched alkanes of at least 4 members (excludes halogenated alkanes) is 1. The number of carboxylic acids is 1. The van der Waals surface area contributed by atoms with Crippen molar-refractivity contribution >= 4 is 12.0 Å². The number of carbonyl (C=O) groups excluding carboxylic acids is 1. The fourth-order valence-corrected chi connectivity index (χ4v) is 1.20. The maximum Gasteiger partial charge on any atom is 0.326 e. The standard InChI is InChI=1S/C11H20N2O3/c1-4-6-7-9(10(14)15)12-11(16)13(3)8-5-2/h5,9H,2,4,6-8H2,1,3H3,(H,12,16)(H,14,15). The van der Waals surface area contributed by atoms with E-state index in [1.807, 2.05) is 6.92 Å². The van der Waals surface area contributed by atoms with Crippen LogP contribution in [0.3, 0.4) is 0 Å². The van der Waals surface area contributed by atoms with Gasteiger partial charge < -0.3 is 15.3 Å². The highest BCUT2D eigenvalue weighted by atomic mass is 16.4. The molecule has 0 saturated carbocycles. The zero-order valence-electron chi connectivity index (χ0n) is 9.90. The summed E-state index contributed by atoms with van der Waals surface area (Å²) in [5.74, 6) is -0.992. The lowest BCUT2D eigenvalue weighted by molar-refractivity contribution is -0.139. The van der Waals surface area contributed by atoms with Gasteiger partial charge in [-0.05, 0) is 6.42 Å². The Balaban J connectivity index is 4.22. The average molecular weight is 228 g/mol. The summed E-state index contributed by atoms with van der Waals surface area (Å²) in [4.78, 5) is 23.8. The number of aliphatic carboxylic acids is 1. The van der Waals surface area contributed by atoms with Gasteiger partial charge in [0, 0.05) is 13.6 Å². The number of rotatable bonds is 7. The van der Waals surface area contributed by atoms with E-state index in [1.54, 1.807) is 13.1 Å². The molecule has 0 aromatic heterocycles. The molecule has 0 aliphatic carbocycles. The monoisotopic (exact) mass is 228 g/mol. The van der Waals surface area contributed by atoms with Gasteiger partial charge in [0.15, 0.2) is 0 Å². The van der Waals surface area contributed by atoms with Crippen molar-refractivity contribution in [2.24, 2.45) is 0 Å². The van der Waals surface area contributed by atoms with Gasteiger partial charge in [-0.25, -0.2) is 9.59 Å². The molecule has 0 rings (SSSR count). The Hall–Kier alpha value is -1.52. The quantitative estimate of drug-likeness (QED) is 0.648. The molecular weight excluding hydrogens is 208 g/mol. The molecule has 92 valence electrons. The highest BCUT2D eigenvalue weighted by Gasteiger charge is 2.20. The minimum atomic E-state index is -0.992. The molecule has 0 bridgehead atoms. The van der Waals surface area contributed by atoms with E-state index in [2.05, 4.69) is 11.9 Å². The zero-order valence-corrected chi connectivity index (χ0v) is 9.90. The third kappa shape index (κ3) is 5.38. The summed E-state index contributed by atoms with van der Waals surface area (Å²) < 4.78 is 0. The number of amides is 2. The third-order valence-electron chi connectivity index (χ3n) is 2.19. The van der Waals surface area contributed by atoms with Crippen molar-refractivity contribution < 1.29 is 14.7 Å². The molecule has 16 heavy (non-hydrogen) atoms. The molecule has 5 nitrogen and oxygen atoms in total. The van der Waals surface area contributed by atoms with Gasteiger partial charge in [-0.2, -0.15) is 0 Å². The minimum absolute atomic E-state index is 0.386. The number of nitrogens with one attached hydrogen (secondary N) is 1. The van der Waals surface area contributed by atoms with Crippen molar-refractivity contribution in [1.82, 2.24) is 10.2 Å². The first-order valence-electron chi connectivity index (χ1n) is 5.38. The molecule has 2 N–H and O–H groups in total. The Morgan fingerprint density at radius 1 is 1.56 bits per heavy atom. The van der Waals surface area contributed by atoms with Crippen molar-refractivity contribution in [3.8, 4) is 0 Å². The summed E-state index contributed by atoms with van der Waals surface area (Å²) in [6.45, 7) is 5.88. The Bertz CT molecular complexity index is 254. The first kappa shape index (κ1) is 14.5. The van der Waals surface area contributed by atoms with Crippen LogP contribution in [-0.4, -0.2) is 41.6 Å². The Morgan fingerprint density at radius 2 is 2.19 bits per heavy atom. The van der Waals surface area contributed by atoms with Crippen molar-refractivity contribution in [2.75, 3.05) is 13.6 Å². The summed E-state index contributed by atoms with van der Waals surface area (Å²) >= 11 is 0. The van der Waals surface area contributed by atoms with Gasteiger partial charge in [0.2, 0.25) is 0 Å². The van der Waals surface area contributed by atoms with Gasteiger partial charge in [0.05, 0.1) is 0 Å². The summed E-state index contributed by atoms with van der Waals surface area (Å²) in [6, 6.07) is -1.19. The van der Waals surface area contributed by atoms with Crippen LogP contribution in [-0.2, 0) is 4.79 Å². The molecule has 0 radical (unpaired) electrons. The SMILES string of the molecule is C=CCN(C)C(=O)NC(CCCC)C(=O)O. The fraction of sp³-hybridized carbons (Fsp3) is 0.636.